The molecule has 0 radical (unpaired) electrons. The lowest BCUT2D eigenvalue weighted by molar-refractivity contribution is 0.00973. The van der Waals surface area contributed by atoms with Gasteiger partial charge in [-0.15, -0.1) is 0 Å². The van der Waals surface area contributed by atoms with E-state index in [1.165, 1.54) is 0 Å². The van der Waals surface area contributed by atoms with E-state index in [1.807, 2.05) is 20.8 Å². The van der Waals surface area contributed by atoms with E-state index in [-0.39, 0.29) is 5.41 Å². The Labute approximate surface area is 96.4 Å². The van der Waals surface area contributed by atoms with Crippen molar-refractivity contribution in [3.63, 3.8) is 0 Å². The van der Waals surface area contributed by atoms with Crippen LogP contribution in [0.2, 0.25) is 0 Å². The molecule has 0 bridgehead atoms. The molecule has 5 heteroatoms. The second-order valence-electron chi connectivity index (χ2n) is 4.76. The first-order valence-electron chi connectivity index (χ1n) is 5.49. The van der Waals surface area contributed by atoms with Gasteiger partial charge in [-0.1, -0.05) is 12.1 Å². The van der Waals surface area contributed by atoms with Crippen molar-refractivity contribution in [1.82, 2.24) is 10.1 Å². The summed E-state index contributed by atoms with van der Waals surface area (Å²) in [7, 11) is 1.62. The molecule has 0 aliphatic carbocycles. The molecule has 0 aliphatic heterocycles. The summed E-state index contributed by atoms with van der Waals surface area (Å²) >= 11 is 0. The van der Waals surface area contributed by atoms with E-state index in [4.69, 9.17) is 15.0 Å². The highest BCUT2D eigenvalue weighted by Crippen LogP contribution is 2.27. The number of methoxy groups -OCH3 is 1. The maximum atomic E-state index is 5.74. The highest BCUT2D eigenvalue weighted by atomic mass is 16.5. The molecule has 1 unspecified atom stereocenters. The van der Waals surface area contributed by atoms with Gasteiger partial charge in [0.25, 0.3) is 0 Å². The quantitative estimate of drug-likeness (QED) is 0.826. The summed E-state index contributed by atoms with van der Waals surface area (Å²) in [6.45, 7) is 8.35. The summed E-state index contributed by atoms with van der Waals surface area (Å²) in [5, 5.41) is 3.95. The highest BCUT2D eigenvalue weighted by molar-refractivity contribution is 5.06. The van der Waals surface area contributed by atoms with E-state index in [9.17, 15) is 0 Å². The molecule has 0 saturated heterocycles. The molecule has 2 N–H and O–H groups in total. The zero-order valence-electron chi connectivity index (χ0n) is 10.7. The molecule has 16 heavy (non-hydrogen) atoms. The van der Waals surface area contributed by atoms with E-state index in [2.05, 4.69) is 17.1 Å². The van der Waals surface area contributed by atoms with Gasteiger partial charge in [-0.2, -0.15) is 4.98 Å². The van der Waals surface area contributed by atoms with Crippen molar-refractivity contribution >= 4 is 0 Å². The molecule has 0 fully saturated rings. The molecule has 1 atom stereocenters. The fourth-order valence-corrected chi connectivity index (χ4v) is 1.19. The summed E-state index contributed by atoms with van der Waals surface area (Å²) in [4.78, 5) is 4.38. The lowest BCUT2D eigenvalue weighted by Crippen LogP contribution is -2.31. The maximum absolute atomic E-state index is 5.74. The Morgan fingerprint density at radius 3 is 2.44 bits per heavy atom. The lowest BCUT2D eigenvalue weighted by Gasteiger charge is -2.21. The summed E-state index contributed by atoms with van der Waals surface area (Å²) in [6.07, 6.45) is 0.860. The fourth-order valence-electron chi connectivity index (χ4n) is 1.19. The highest BCUT2D eigenvalue weighted by Gasteiger charge is 2.33. The summed E-state index contributed by atoms with van der Waals surface area (Å²) < 4.78 is 10.6. The van der Waals surface area contributed by atoms with Crippen LogP contribution in [0.15, 0.2) is 4.52 Å². The summed E-state index contributed by atoms with van der Waals surface area (Å²) in [5.41, 5.74) is 4.95. The van der Waals surface area contributed by atoms with Crippen LogP contribution in [0.5, 0.6) is 0 Å². The van der Waals surface area contributed by atoms with Gasteiger partial charge in [0.1, 0.15) is 5.60 Å². The molecule has 1 rings (SSSR count). The minimum absolute atomic E-state index is 0.255. The van der Waals surface area contributed by atoms with E-state index in [1.54, 1.807) is 7.11 Å². The van der Waals surface area contributed by atoms with E-state index < -0.39 is 5.60 Å². The second kappa shape index (κ2) is 4.51. The Hall–Kier alpha value is -0.940. The number of ether oxygens (including phenoxy) is 1. The molecule has 0 aromatic carbocycles. The number of aromatic nitrogens is 2. The topological polar surface area (TPSA) is 74.2 Å². The third kappa shape index (κ3) is 2.25. The van der Waals surface area contributed by atoms with Gasteiger partial charge >= 0.3 is 0 Å². The summed E-state index contributed by atoms with van der Waals surface area (Å²) in [5.74, 6) is 1.13. The second-order valence-corrected chi connectivity index (χ2v) is 4.76. The molecule has 0 spiro atoms. The molecular formula is C11H21N3O2. The Morgan fingerprint density at radius 2 is 2.00 bits per heavy atom. The normalized spacial score (nSPS) is 16.1. The van der Waals surface area contributed by atoms with Gasteiger partial charge in [0.05, 0.1) is 5.41 Å². The number of nitrogens with two attached hydrogens (primary N) is 1. The standard InChI is InChI=1S/C11H21N3O2/c1-6-11(4,7-12)9-13-8(14-16-9)10(2,3)15-5/h6-7,12H2,1-5H3. The first-order chi connectivity index (χ1) is 7.39. The van der Waals surface area contributed by atoms with Crippen molar-refractivity contribution in [3.8, 4) is 0 Å². The Balaban J connectivity index is 3.03. The van der Waals surface area contributed by atoms with Gasteiger partial charge in [0.2, 0.25) is 11.7 Å². The molecule has 5 nitrogen and oxygen atoms in total. The number of hydrogen-bond donors (Lipinski definition) is 1. The third-order valence-corrected chi connectivity index (χ3v) is 3.22. The monoisotopic (exact) mass is 227 g/mol. The zero-order valence-corrected chi connectivity index (χ0v) is 10.7. The van der Waals surface area contributed by atoms with Crippen molar-refractivity contribution < 1.29 is 9.26 Å². The van der Waals surface area contributed by atoms with E-state index in [0.29, 0.717) is 18.3 Å². The van der Waals surface area contributed by atoms with Crippen LogP contribution in [-0.4, -0.2) is 23.8 Å². The van der Waals surface area contributed by atoms with Gasteiger partial charge in [-0.05, 0) is 27.2 Å². The van der Waals surface area contributed by atoms with Gasteiger partial charge in [-0.3, -0.25) is 0 Å². The van der Waals surface area contributed by atoms with E-state index in [0.717, 1.165) is 6.42 Å². The van der Waals surface area contributed by atoms with Crippen LogP contribution in [0.4, 0.5) is 0 Å². The minimum Gasteiger partial charge on any atom is -0.371 e. The zero-order chi connectivity index (χ0) is 12.4. The predicted molar refractivity (Wildman–Crippen MR) is 61.0 cm³/mol. The van der Waals surface area contributed by atoms with Crippen molar-refractivity contribution in [1.29, 1.82) is 0 Å². The predicted octanol–water partition coefficient (Wildman–Crippen LogP) is 1.58. The van der Waals surface area contributed by atoms with Crippen LogP contribution in [-0.2, 0) is 15.8 Å². The van der Waals surface area contributed by atoms with Crippen LogP contribution in [0.3, 0.4) is 0 Å². The Bertz CT molecular complexity index is 343. The van der Waals surface area contributed by atoms with Crippen LogP contribution < -0.4 is 5.73 Å². The van der Waals surface area contributed by atoms with Crippen molar-refractivity contribution in [2.24, 2.45) is 5.73 Å². The smallest absolute Gasteiger partial charge is 0.233 e. The maximum Gasteiger partial charge on any atom is 0.233 e. The largest absolute Gasteiger partial charge is 0.371 e. The number of nitrogens with zero attached hydrogens (tertiary/aromatic N) is 2. The minimum atomic E-state index is -0.537. The lowest BCUT2D eigenvalue weighted by atomic mass is 9.87. The Morgan fingerprint density at radius 1 is 1.38 bits per heavy atom. The average molecular weight is 227 g/mol. The SMILES string of the molecule is CCC(C)(CN)c1nc(C(C)(C)OC)no1. The van der Waals surface area contributed by atoms with Crippen LogP contribution in [0.1, 0.15) is 45.8 Å². The first-order valence-corrected chi connectivity index (χ1v) is 5.49. The van der Waals surface area contributed by atoms with Gasteiger partial charge in [0.15, 0.2) is 0 Å². The molecule has 0 amide bonds. The van der Waals surface area contributed by atoms with Gasteiger partial charge < -0.3 is 15.0 Å². The van der Waals surface area contributed by atoms with Crippen molar-refractivity contribution in [2.45, 2.75) is 45.1 Å². The number of hydrogen-bond acceptors (Lipinski definition) is 5. The van der Waals surface area contributed by atoms with Crippen LogP contribution in [0, 0.1) is 0 Å². The fraction of sp³-hybridized carbons (Fsp3) is 0.818. The molecule has 1 aromatic heterocycles. The van der Waals surface area contributed by atoms with Crippen molar-refractivity contribution in [3.05, 3.63) is 11.7 Å². The molecule has 0 aliphatic rings. The molecule has 0 saturated carbocycles. The summed E-state index contributed by atoms with van der Waals surface area (Å²) in [6, 6.07) is 0. The molecule has 1 aromatic rings. The molecule has 92 valence electrons. The van der Waals surface area contributed by atoms with Gasteiger partial charge in [-0.25, -0.2) is 0 Å². The van der Waals surface area contributed by atoms with Crippen molar-refractivity contribution in [2.75, 3.05) is 13.7 Å². The first kappa shape index (κ1) is 13.1. The van der Waals surface area contributed by atoms with Crippen LogP contribution >= 0.6 is 0 Å². The van der Waals surface area contributed by atoms with E-state index >= 15 is 0 Å². The average Bonchev–Trinajstić information content (AvgIpc) is 2.78. The third-order valence-electron chi connectivity index (χ3n) is 3.22. The number of rotatable bonds is 5. The molecular weight excluding hydrogens is 206 g/mol. The van der Waals surface area contributed by atoms with Gasteiger partial charge in [0, 0.05) is 13.7 Å². The van der Waals surface area contributed by atoms with Crippen LogP contribution in [0.25, 0.3) is 0 Å². The Kier molecular flexibility index (Phi) is 3.70. The molecule has 1 heterocycles.